The zero-order valence-electron chi connectivity index (χ0n) is 17.5. The Labute approximate surface area is 186 Å². The summed E-state index contributed by atoms with van der Waals surface area (Å²) in [7, 11) is 3.83. The summed E-state index contributed by atoms with van der Waals surface area (Å²) in [6, 6.07) is 22.0. The Morgan fingerprint density at radius 1 is 0.871 bits per heavy atom. The summed E-state index contributed by atoms with van der Waals surface area (Å²) in [6.07, 6.45) is 0. The minimum absolute atomic E-state index is 0.247. The van der Waals surface area contributed by atoms with Gasteiger partial charge in [0.25, 0.3) is 11.8 Å². The second kappa shape index (κ2) is 8.28. The van der Waals surface area contributed by atoms with Crippen molar-refractivity contribution in [2.45, 2.75) is 6.92 Å². The van der Waals surface area contributed by atoms with E-state index in [-0.39, 0.29) is 11.6 Å². The van der Waals surface area contributed by atoms with Crippen LogP contribution in [0.3, 0.4) is 0 Å². The lowest BCUT2D eigenvalue weighted by molar-refractivity contribution is -0.120. The molecule has 0 atom stereocenters. The van der Waals surface area contributed by atoms with Crippen molar-refractivity contribution in [3.63, 3.8) is 0 Å². The molecule has 0 aliphatic carbocycles. The average Bonchev–Trinajstić information content (AvgIpc) is 3.00. The van der Waals surface area contributed by atoms with Gasteiger partial charge in [0.15, 0.2) is 0 Å². The van der Waals surface area contributed by atoms with Gasteiger partial charge in [-0.05, 0) is 54.4 Å². The Hall–Kier alpha value is -3.57. The summed E-state index contributed by atoms with van der Waals surface area (Å²) < 4.78 is 0. The second-order valence-electron chi connectivity index (χ2n) is 7.56. The van der Waals surface area contributed by atoms with Crippen molar-refractivity contribution >= 4 is 46.1 Å². The molecule has 4 rings (SSSR count). The second-order valence-corrected chi connectivity index (χ2v) is 8.00. The predicted octanol–water partition coefficient (Wildman–Crippen LogP) is 5.11. The SMILES string of the molecule is Cc1cc(Cl)ccc1NC1=C(c2ccccc2)C(=O)N(c2cccc(N(C)C)c2)C1=O. The third-order valence-corrected chi connectivity index (χ3v) is 5.43. The fourth-order valence-electron chi connectivity index (χ4n) is 3.57. The van der Waals surface area contributed by atoms with Crippen LogP contribution >= 0.6 is 11.6 Å². The highest BCUT2D eigenvalue weighted by Gasteiger charge is 2.40. The predicted molar refractivity (Wildman–Crippen MR) is 126 cm³/mol. The molecular weight excluding hydrogens is 410 g/mol. The largest absolute Gasteiger partial charge is 0.378 e. The minimum atomic E-state index is -0.394. The highest BCUT2D eigenvalue weighted by atomic mass is 35.5. The van der Waals surface area contributed by atoms with E-state index < -0.39 is 5.91 Å². The maximum absolute atomic E-state index is 13.5. The first-order valence-electron chi connectivity index (χ1n) is 9.86. The fourth-order valence-corrected chi connectivity index (χ4v) is 3.79. The molecular formula is C25H22ClN3O2. The number of carbonyl (C=O) groups excluding carboxylic acids is 2. The van der Waals surface area contributed by atoms with Gasteiger partial charge in [-0.2, -0.15) is 0 Å². The summed E-state index contributed by atoms with van der Waals surface area (Å²) >= 11 is 6.08. The van der Waals surface area contributed by atoms with Gasteiger partial charge in [0.2, 0.25) is 0 Å². The number of carbonyl (C=O) groups is 2. The number of rotatable bonds is 5. The van der Waals surface area contributed by atoms with Crippen LogP contribution in [-0.4, -0.2) is 25.9 Å². The number of hydrogen-bond donors (Lipinski definition) is 1. The van der Waals surface area contributed by atoms with Crippen LogP contribution in [0.5, 0.6) is 0 Å². The maximum Gasteiger partial charge on any atom is 0.282 e. The number of benzene rings is 3. The lowest BCUT2D eigenvalue weighted by Gasteiger charge is -2.19. The highest BCUT2D eigenvalue weighted by Crippen LogP contribution is 2.35. The molecule has 0 fully saturated rings. The summed E-state index contributed by atoms with van der Waals surface area (Å²) in [5.41, 5.74) is 4.29. The molecule has 1 N–H and O–H groups in total. The summed E-state index contributed by atoms with van der Waals surface area (Å²) in [5.74, 6) is -0.754. The molecule has 2 amide bonds. The number of hydrogen-bond acceptors (Lipinski definition) is 4. The summed E-state index contributed by atoms with van der Waals surface area (Å²) in [4.78, 5) is 30.2. The number of nitrogens with zero attached hydrogens (tertiary/aromatic N) is 2. The van der Waals surface area contributed by atoms with Gasteiger partial charge in [0.1, 0.15) is 5.70 Å². The van der Waals surface area contributed by atoms with E-state index in [1.54, 1.807) is 18.2 Å². The average molecular weight is 432 g/mol. The van der Waals surface area contributed by atoms with Crippen LogP contribution < -0.4 is 15.1 Å². The first kappa shape index (κ1) is 20.7. The van der Waals surface area contributed by atoms with E-state index in [9.17, 15) is 9.59 Å². The quantitative estimate of drug-likeness (QED) is 0.570. The molecule has 1 heterocycles. The summed E-state index contributed by atoms with van der Waals surface area (Å²) in [5, 5.41) is 3.81. The van der Waals surface area contributed by atoms with Crippen LogP contribution in [0, 0.1) is 6.92 Å². The number of aryl methyl sites for hydroxylation is 1. The van der Waals surface area contributed by atoms with Crippen molar-refractivity contribution in [1.29, 1.82) is 0 Å². The molecule has 3 aromatic carbocycles. The number of halogens is 1. The van der Waals surface area contributed by atoms with Crippen LogP contribution in [-0.2, 0) is 9.59 Å². The van der Waals surface area contributed by atoms with E-state index in [2.05, 4.69) is 5.32 Å². The molecule has 1 aliphatic heterocycles. The van der Waals surface area contributed by atoms with Crippen molar-refractivity contribution in [3.8, 4) is 0 Å². The van der Waals surface area contributed by atoms with Gasteiger partial charge < -0.3 is 10.2 Å². The van der Waals surface area contributed by atoms with Crippen molar-refractivity contribution in [2.75, 3.05) is 29.2 Å². The Balaban J connectivity index is 1.82. The lowest BCUT2D eigenvalue weighted by Crippen LogP contribution is -2.32. The molecule has 0 saturated carbocycles. The van der Waals surface area contributed by atoms with Crippen LogP contribution in [0.15, 0.2) is 78.5 Å². The van der Waals surface area contributed by atoms with Gasteiger partial charge in [0.05, 0.1) is 11.3 Å². The molecule has 0 radical (unpaired) electrons. The Bertz CT molecular complexity index is 1200. The third-order valence-electron chi connectivity index (χ3n) is 5.20. The minimum Gasteiger partial charge on any atom is -0.378 e. The van der Waals surface area contributed by atoms with Crippen molar-refractivity contribution in [3.05, 3.63) is 94.6 Å². The monoisotopic (exact) mass is 431 g/mol. The van der Waals surface area contributed by atoms with Crippen LogP contribution in [0.2, 0.25) is 5.02 Å². The normalized spacial score (nSPS) is 13.7. The lowest BCUT2D eigenvalue weighted by atomic mass is 10.0. The van der Waals surface area contributed by atoms with Gasteiger partial charge >= 0.3 is 0 Å². The van der Waals surface area contributed by atoms with E-state index >= 15 is 0 Å². The molecule has 31 heavy (non-hydrogen) atoms. The van der Waals surface area contributed by atoms with Gasteiger partial charge in [-0.15, -0.1) is 0 Å². The van der Waals surface area contributed by atoms with Gasteiger partial charge in [-0.25, -0.2) is 4.90 Å². The van der Waals surface area contributed by atoms with Crippen LogP contribution in [0.25, 0.3) is 5.57 Å². The van der Waals surface area contributed by atoms with E-state index in [1.807, 2.05) is 80.5 Å². The molecule has 3 aromatic rings. The van der Waals surface area contributed by atoms with Crippen molar-refractivity contribution < 1.29 is 9.59 Å². The van der Waals surface area contributed by atoms with Crippen molar-refractivity contribution in [2.24, 2.45) is 0 Å². The van der Waals surface area contributed by atoms with Crippen LogP contribution in [0.4, 0.5) is 17.1 Å². The molecule has 6 heteroatoms. The summed E-state index contributed by atoms with van der Waals surface area (Å²) in [6.45, 7) is 1.90. The number of nitrogens with one attached hydrogen (secondary N) is 1. The van der Waals surface area contributed by atoms with Gasteiger partial charge in [-0.1, -0.05) is 48.0 Å². The highest BCUT2D eigenvalue weighted by molar-refractivity contribution is 6.46. The molecule has 0 aromatic heterocycles. The Kier molecular flexibility index (Phi) is 5.53. The molecule has 1 aliphatic rings. The molecule has 0 saturated heterocycles. The standard InChI is InChI=1S/C25H22ClN3O2/c1-16-14-18(26)12-13-21(16)27-23-22(17-8-5-4-6-9-17)24(30)29(25(23)31)20-11-7-10-19(15-20)28(2)3/h4-15,27H,1-3H3. The van der Waals surface area contributed by atoms with E-state index in [0.717, 1.165) is 16.9 Å². The Morgan fingerprint density at radius 3 is 2.29 bits per heavy atom. The smallest absolute Gasteiger partial charge is 0.282 e. The van der Waals surface area contributed by atoms with Crippen LogP contribution in [0.1, 0.15) is 11.1 Å². The molecule has 0 bridgehead atoms. The fraction of sp³-hybridized carbons (Fsp3) is 0.120. The Morgan fingerprint density at radius 2 is 1.61 bits per heavy atom. The van der Waals surface area contributed by atoms with Crippen molar-refractivity contribution in [1.82, 2.24) is 0 Å². The van der Waals surface area contributed by atoms with E-state index in [4.69, 9.17) is 11.6 Å². The number of anilines is 3. The zero-order chi connectivity index (χ0) is 22.1. The zero-order valence-corrected chi connectivity index (χ0v) is 18.3. The number of amides is 2. The first-order valence-corrected chi connectivity index (χ1v) is 10.2. The van der Waals surface area contributed by atoms with Gasteiger partial charge in [-0.3, -0.25) is 9.59 Å². The number of imide groups is 1. The topological polar surface area (TPSA) is 52.7 Å². The maximum atomic E-state index is 13.5. The van der Waals surface area contributed by atoms with Gasteiger partial charge in [0, 0.05) is 30.5 Å². The van der Waals surface area contributed by atoms with E-state index in [1.165, 1.54) is 4.90 Å². The molecule has 5 nitrogen and oxygen atoms in total. The molecule has 156 valence electrons. The third kappa shape index (κ3) is 3.92. The van der Waals surface area contributed by atoms with E-state index in [0.29, 0.717) is 21.8 Å². The molecule has 0 unspecified atom stereocenters. The first-order chi connectivity index (χ1) is 14.9. The molecule has 0 spiro atoms.